The van der Waals surface area contributed by atoms with Gasteiger partial charge in [-0.2, -0.15) is 0 Å². The van der Waals surface area contributed by atoms with Gasteiger partial charge in [0.1, 0.15) is 11.6 Å². The summed E-state index contributed by atoms with van der Waals surface area (Å²) in [7, 11) is -0.0739. The van der Waals surface area contributed by atoms with Crippen LogP contribution in [0.2, 0.25) is 0 Å². The molecule has 24 heavy (non-hydrogen) atoms. The fraction of sp³-hybridized carbons (Fsp3) is 0.471. The summed E-state index contributed by atoms with van der Waals surface area (Å²) >= 11 is 0. The van der Waals surface area contributed by atoms with Crippen molar-refractivity contribution in [2.75, 3.05) is 7.11 Å². The number of rotatable bonds is 5. The fourth-order valence-corrected chi connectivity index (χ4v) is 4.39. The number of ether oxygens (including phenoxy) is 1. The number of nitrogens with zero attached hydrogens (tertiary/aromatic N) is 2. The molecule has 0 amide bonds. The van der Waals surface area contributed by atoms with E-state index < -0.39 is 10.0 Å². The van der Waals surface area contributed by atoms with Gasteiger partial charge in [-0.15, -0.1) is 0 Å². The predicted molar refractivity (Wildman–Crippen MR) is 91.6 cm³/mol. The van der Waals surface area contributed by atoms with Crippen LogP contribution >= 0.6 is 0 Å². The molecule has 0 atom stereocenters. The lowest BCUT2D eigenvalue weighted by Crippen LogP contribution is -2.25. The van der Waals surface area contributed by atoms with Gasteiger partial charge in [0.2, 0.25) is 10.0 Å². The normalized spacial score (nSPS) is 14.5. The number of imidazole rings is 1. The first-order chi connectivity index (χ1) is 11.4. The van der Waals surface area contributed by atoms with Crippen LogP contribution in [0.15, 0.2) is 23.1 Å². The molecule has 6 nitrogen and oxygen atoms in total. The molecule has 3 rings (SSSR count). The Bertz CT molecular complexity index is 856. The minimum atomic E-state index is -3.59. The molecule has 0 saturated carbocycles. The molecule has 0 radical (unpaired) electrons. The minimum Gasteiger partial charge on any atom is -0.497 e. The van der Waals surface area contributed by atoms with Gasteiger partial charge in [0, 0.05) is 12.7 Å². The van der Waals surface area contributed by atoms with Crippen LogP contribution in [-0.2, 0) is 36.5 Å². The predicted octanol–water partition coefficient (Wildman–Crippen LogP) is 2.09. The summed E-state index contributed by atoms with van der Waals surface area (Å²) in [5.41, 5.74) is 3.00. The zero-order valence-corrected chi connectivity index (χ0v) is 15.1. The highest BCUT2D eigenvalue weighted by atomic mass is 32.2. The number of aryl methyl sites for hydroxylation is 2. The van der Waals surface area contributed by atoms with Crippen molar-refractivity contribution in [3.05, 3.63) is 41.0 Å². The summed E-state index contributed by atoms with van der Waals surface area (Å²) in [4.78, 5) is 4.88. The van der Waals surface area contributed by atoms with Gasteiger partial charge >= 0.3 is 0 Å². The lowest BCUT2D eigenvalue weighted by Gasteiger charge is -2.12. The molecule has 0 bridgehead atoms. The maximum atomic E-state index is 12.6. The average molecular weight is 349 g/mol. The maximum absolute atomic E-state index is 12.6. The lowest BCUT2D eigenvalue weighted by atomic mass is 10.0. The van der Waals surface area contributed by atoms with E-state index in [0.29, 0.717) is 11.3 Å². The van der Waals surface area contributed by atoms with Crippen molar-refractivity contribution in [2.45, 2.75) is 44.0 Å². The number of fused-ring (bicyclic) bond motifs is 1. The highest BCUT2D eigenvalue weighted by Gasteiger charge is 2.21. The molecule has 1 heterocycles. The Morgan fingerprint density at radius 1 is 1.29 bits per heavy atom. The monoisotopic (exact) mass is 349 g/mol. The van der Waals surface area contributed by atoms with Gasteiger partial charge in [0.15, 0.2) is 0 Å². The number of sulfonamides is 1. The largest absolute Gasteiger partial charge is 0.497 e. The molecule has 130 valence electrons. The van der Waals surface area contributed by atoms with Crippen molar-refractivity contribution in [2.24, 2.45) is 7.05 Å². The Balaban J connectivity index is 1.80. The molecule has 0 fully saturated rings. The molecule has 1 aromatic carbocycles. The average Bonchev–Trinajstić information content (AvgIpc) is 2.89. The van der Waals surface area contributed by atoms with Crippen LogP contribution in [0.25, 0.3) is 0 Å². The molecule has 2 aromatic rings. The minimum absolute atomic E-state index is 0.192. The summed E-state index contributed by atoms with van der Waals surface area (Å²) in [6.45, 7) is 1.95. The smallest absolute Gasteiger partial charge is 0.241 e. The van der Waals surface area contributed by atoms with Crippen LogP contribution in [0, 0.1) is 6.92 Å². The standard InChI is InChI=1S/C17H23N3O3S/c1-12-10-13(23-3)8-9-16(12)24(21,22)18-11-17-19-14-6-4-5-7-15(14)20(17)2/h8-10,18H,4-7,11H2,1-3H3. The van der Waals surface area contributed by atoms with Crippen LogP contribution < -0.4 is 9.46 Å². The first kappa shape index (κ1) is 17.0. The van der Waals surface area contributed by atoms with E-state index in [1.807, 2.05) is 11.6 Å². The molecule has 1 aliphatic rings. The van der Waals surface area contributed by atoms with Gasteiger partial charge in [0.25, 0.3) is 0 Å². The molecule has 1 aromatic heterocycles. The number of methoxy groups -OCH3 is 1. The van der Waals surface area contributed by atoms with Gasteiger partial charge in [-0.3, -0.25) is 0 Å². The Labute approximate surface area is 142 Å². The topological polar surface area (TPSA) is 73.2 Å². The number of benzene rings is 1. The molecule has 7 heteroatoms. The highest BCUT2D eigenvalue weighted by Crippen LogP contribution is 2.23. The third-order valence-corrected chi connectivity index (χ3v) is 6.12. The van der Waals surface area contributed by atoms with Crippen LogP contribution in [0.1, 0.15) is 35.6 Å². The summed E-state index contributed by atoms with van der Waals surface area (Å²) < 4.78 is 35.0. The second kappa shape index (κ2) is 6.57. The molecular formula is C17H23N3O3S. The number of hydrogen-bond donors (Lipinski definition) is 1. The summed E-state index contributed by atoms with van der Waals surface area (Å²) in [5, 5.41) is 0. The van der Waals surface area contributed by atoms with E-state index in [1.54, 1.807) is 32.2 Å². The first-order valence-electron chi connectivity index (χ1n) is 8.10. The molecule has 1 N–H and O–H groups in total. The van der Waals surface area contributed by atoms with Gasteiger partial charge in [-0.05, 0) is 56.4 Å². The van der Waals surface area contributed by atoms with E-state index in [9.17, 15) is 8.42 Å². The quantitative estimate of drug-likeness (QED) is 0.897. The van der Waals surface area contributed by atoms with Crippen molar-refractivity contribution < 1.29 is 13.2 Å². The van der Waals surface area contributed by atoms with E-state index in [4.69, 9.17) is 4.74 Å². The van der Waals surface area contributed by atoms with Crippen LogP contribution in [-0.4, -0.2) is 25.1 Å². The second-order valence-corrected chi connectivity index (χ2v) is 7.88. The third-order valence-electron chi connectivity index (χ3n) is 4.56. The second-order valence-electron chi connectivity index (χ2n) is 6.14. The van der Waals surface area contributed by atoms with Gasteiger partial charge in [-0.25, -0.2) is 18.1 Å². The van der Waals surface area contributed by atoms with Crippen molar-refractivity contribution in [3.63, 3.8) is 0 Å². The lowest BCUT2D eigenvalue weighted by molar-refractivity contribution is 0.414. The molecule has 0 aliphatic heterocycles. The molecule has 1 aliphatic carbocycles. The van der Waals surface area contributed by atoms with E-state index in [1.165, 1.54) is 12.1 Å². The Hall–Kier alpha value is -1.86. The Kier molecular flexibility index (Phi) is 4.64. The molecule has 0 spiro atoms. The summed E-state index contributed by atoms with van der Waals surface area (Å²) in [6, 6.07) is 4.94. The van der Waals surface area contributed by atoms with Crippen LogP contribution in [0.5, 0.6) is 5.75 Å². The fourth-order valence-electron chi connectivity index (χ4n) is 3.19. The van der Waals surface area contributed by atoms with E-state index >= 15 is 0 Å². The van der Waals surface area contributed by atoms with Gasteiger partial charge < -0.3 is 9.30 Å². The summed E-state index contributed by atoms with van der Waals surface area (Å²) in [5.74, 6) is 1.40. The maximum Gasteiger partial charge on any atom is 0.241 e. The van der Waals surface area contributed by atoms with Gasteiger partial charge in [0.05, 0.1) is 24.2 Å². The number of aromatic nitrogens is 2. The highest BCUT2D eigenvalue weighted by molar-refractivity contribution is 7.89. The molecule has 0 saturated heterocycles. The van der Waals surface area contributed by atoms with E-state index in [0.717, 1.165) is 30.8 Å². The SMILES string of the molecule is COc1ccc(S(=O)(=O)NCc2nc3c(n2C)CCCC3)c(C)c1. The molecular weight excluding hydrogens is 326 g/mol. The van der Waals surface area contributed by atoms with Gasteiger partial charge in [-0.1, -0.05) is 0 Å². The zero-order chi connectivity index (χ0) is 17.3. The first-order valence-corrected chi connectivity index (χ1v) is 9.58. The zero-order valence-electron chi connectivity index (χ0n) is 14.3. The number of hydrogen-bond acceptors (Lipinski definition) is 4. The third kappa shape index (κ3) is 3.18. The Morgan fingerprint density at radius 3 is 2.71 bits per heavy atom. The van der Waals surface area contributed by atoms with E-state index in [-0.39, 0.29) is 11.4 Å². The summed E-state index contributed by atoms with van der Waals surface area (Å²) in [6.07, 6.45) is 4.32. The van der Waals surface area contributed by atoms with Crippen molar-refractivity contribution >= 4 is 10.0 Å². The molecule has 0 unspecified atom stereocenters. The van der Waals surface area contributed by atoms with Crippen molar-refractivity contribution in [1.29, 1.82) is 0 Å². The van der Waals surface area contributed by atoms with Crippen molar-refractivity contribution in [1.82, 2.24) is 14.3 Å². The van der Waals surface area contributed by atoms with Crippen molar-refractivity contribution in [3.8, 4) is 5.75 Å². The van der Waals surface area contributed by atoms with E-state index in [2.05, 4.69) is 9.71 Å². The van der Waals surface area contributed by atoms with Crippen LogP contribution in [0.4, 0.5) is 0 Å². The Morgan fingerprint density at radius 2 is 2.04 bits per heavy atom. The van der Waals surface area contributed by atoms with Crippen LogP contribution in [0.3, 0.4) is 0 Å². The number of nitrogens with one attached hydrogen (secondary N) is 1.